The van der Waals surface area contributed by atoms with E-state index in [0.29, 0.717) is 13.2 Å². The Labute approximate surface area is 246 Å². The molecule has 0 saturated carbocycles. The molecule has 0 unspecified atom stereocenters. The molecule has 0 spiro atoms. The molecule has 3 aromatic carbocycles. The van der Waals surface area contributed by atoms with Crippen LogP contribution in [0.1, 0.15) is 46.6 Å². The van der Waals surface area contributed by atoms with E-state index >= 15 is 0 Å². The van der Waals surface area contributed by atoms with E-state index < -0.39 is 8.32 Å². The molecule has 0 aliphatic carbocycles. The van der Waals surface area contributed by atoms with E-state index in [1.54, 1.807) is 7.11 Å². The van der Waals surface area contributed by atoms with Gasteiger partial charge >= 0.3 is 5.97 Å². The minimum atomic E-state index is -2.68. The van der Waals surface area contributed by atoms with E-state index in [1.807, 2.05) is 42.5 Å². The predicted molar refractivity (Wildman–Crippen MR) is 167 cm³/mol. The van der Waals surface area contributed by atoms with Crippen LogP contribution < -0.4 is 15.1 Å². The van der Waals surface area contributed by atoms with Crippen LogP contribution >= 0.6 is 0 Å². The first-order valence-corrected chi connectivity index (χ1v) is 16.4. The number of cyclic esters (lactones) is 1. The second kappa shape index (κ2) is 13.6. The quantitative estimate of drug-likeness (QED) is 0.162. The van der Waals surface area contributed by atoms with E-state index in [1.165, 1.54) is 10.4 Å². The molecule has 41 heavy (non-hydrogen) atoms. The summed E-state index contributed by atoms with van der Waals surface area (Å²) in [6.45, 7) is 11.9. The SMILES string of the molecule is COc1ccc(CO[C@@H]2CC(=O)O[C@H]([C@H](C)CO[Si](c3ccccc3)(c3ccccc3)C(C)(C)C)C=C[C@@H]2C)cc1. The molecular weight excluding hydrogens is 528 g/mol. The molecule has 0 fully saturated rings. The fourth-order valence-corrected chi connectivity index (χ4v) is 10.2. The number of carbonyl (C=O) groups excluding carboxylic acids is 1. The van der Waals surface area contributed by atoms with Gasteiger partial charge in [-0.1, -0.05) is 113 Å². The average molecular weight is 573 g/mol. The van der Waals surface area contributed by atoms with Crippen molar-refractivity contribution in [3.63, 3.8) is 0 Å². The van der Waals surface area contributed by atoms with Crippen LogP contribution in [0.3, 0.4) is 0 Å². The normalized spacial score (nSPS) is 20.5. The molecule has 0 bridgehead atoms. The van der Waals surface area contributed by atoms with Gasteiger partial charge in [0.1, 0.15) is 11.9 Å². The highest BCUT2D eigenvalue weighted by Crippen LogP contribution is 2.37. The average Bonchev–Trinajstić information content (AvgIpc) is 2.97. The molecule has 218 valence electrons. The van der Waals surface area contributed by atoms with Gasteiger partial charge in [0.25, 0.3) is 8.32 Å². The molecule has 0 saturated heterocycles. The smallest absolute Gasteiger partial charge is 0.309 e. The summed E-state index contributed by atoms with van der Waals surface area (Å²) in [5, 5.41) is 2.36. The molecule has 6 heteroatoms. The fraction of sp³-hybridized carbons (Fsp3) is 0.400. The zero-order chi connectivity index (χ0) is 29.5. The van der Waals surface area contributed by atoms with Gasteiger partial charge in [0.05, 0.1) is 26.2 Å². The zero-order valence-corrected chi connectivity index (χ0v) is 26.2. The van der Waals surface area contributed by atoms with Crippen LogP contribution in [0.4, 0.5) is 0 Å². The lowest BCUT2D eigenvalue weighted by molar-refractivity contribution is -0.154. The van der Waals surface area contributed by atoms with Crippen molar-refractivity contribution in [3.8, 4) is 5.75 Å². The Bertz CT molecular complexity index is 1230. The van der Waals surface area contributed by atoms with Crippen LogP contribution in [0, 0.1) is 11.8 Å². The van der Waals surface area contributed by atoms with Gasteiger partial charge in [-0.3, -0.25) is 4.79 Å². The summed E-state index contributed by atoms with van der Waals surface area (Å²) in [5.41, 5.74) is 1.03. The molecule has 0 N–H and O–H groups in total. The summed E-state index contributed by atoms with van der Waals surface area (Å²) in [6, 6.07) is 29.0. The van der Waals surface area contributed by atoms with Crippen molar-refractivity contribution in [1.29, 1.82) is 0 Å². The minimum Gasteiger partial charge on any atom is -0.497 e. The van der Waals surface area contributed by atoms with Crippen molar-refractivity contribution in [3.05, 3.63) is 103 Å². The molecular formula is C35H44O5Si. The number of ether oxygens (including phenoxy) is 3. The van der Waals surface area contributed by atoms with E-state index in [9.17, 15) is 4.79 Å². The minimum absolute atomic E-state index is 0.0270. The maximum atomic E-state index is 13.0. The fourth-order valence-electron chi connectivity index (χ4n) is 5.55. The Morgan fingerprint density at radius 3 is 2.02 bits per heavy atom. The molecule has 0 aromatic heterocycles. The lowest BCUT2D eigenvalue weighted by Gasteiger charge is -2.44. The highest BCUT2D eigenvalue weighted by atomic mass is 28.4. The molecule has 1 aliphatic rings. The molecule has 5 nitrogen and oxygen atoms in total. The molecule has 0 amide bonds. The summed E-state index contributed by atoms with van der Waals surface area (Å²) in [5.74, 6) is 0.594. The van der Waals surface area contributed by atoms with Gasteiger partial charge in [-0.25, -0.2) is 0 Å². The van der Waals surface area contributed by atoms with Crippen LogP contribution in [0.2, 0.25) is 5.04 Å². The standard InChI is InChI=1S/C35H44O5Si/c1-26-17-22-32(40-34(36)23-33(26)38-25-28-18-20-29(37-6)21-19-28)27(2)24-39-41(35(3,4)5,30-13-9-7-10-14-30)31-15-11-8-12-16-31/h7-22,26-27,32-33H,23-25H2,1-6H3/t26-,27+,32-,33+/m0/s1. The maximum absolute atomic E-state index is 13.0. The van der Waals surface area contributed by atoms with Gasteiger partial charge in [-0.05, 0) is 39.2 Å². The Balaban J connectivity index is 1.49. The summed E-state index contributed by atoms with van der Waals surface area (Å²) >= 11 is 0. The van der Waals surface area contributed by atoms with Crippen molar-refractivity contribution < 1.29 is 23.4 Å². The number of methoxy groups -OCH3 is 1. The summed E-state index contributed by atoms with van der Waals surface area (Å²) in [4.78, 5) is 13.0. The van der Waals surface area contributed by atoms with Crippen molar-refractivity contribution in [2.24, 2.45) is 11.8 Å². The third-order valence-electron chi connectivity index (χ3n) is 7.99. The molecule has 3 aromatic rings. The van der Waals surface area contributed by atoms with Crippen LogP contribution in [0.15, 0.2) is 97.1 Å². The lowest BCUT2D eigenvalue weighted by atomic mass is 9.96. The van der Waals surface area contributed by atoms with E-state index in [2.05, 4.69) is 89.2 Å². The molecule has 0 radical (unpaired) electrons. The number of benzene rings is 3. The zero-order valence-electron chi connectivity index (χ0n) is 25.2. The van der Waals surface area contributed by atoms with Crippen LogP contribution in [-0.2, 0) is 25.3 Å². The van der Waals surface area contributed by atoms with E-state index in [4.69, 9.17) is 18.6 Å². The first-order chi connectivity index (χ1) is 19.6. The Hall–Kier alpha value is -3.19. The Morgan fingerprint density at radius 2 is 1.49 bits per heavy atom. The van der Waals surface area contributed by atoms with Gasteiger partial charge in [-0.15, -0.1) is 0 Å². The van der Waals surface area contributed by atoms with Gasteiger partial charge in [0, 0.05) is 18.4 Å². The van der Waals surface area contributed by atoms with Crippen molar-refractivity contribution in [1.82, 2.24) is 0 Å². The highest BCUT2D eigenvalue weighted by molar-refractivity contribution is 6.99. The third kappa shape index (κ3) is 7.37. The molecule has 4 rings (SSSR count). The topological polar surface area (TPSA) is 54.0 Å². The number of rotatable bonds is 10. The van der Waals surface area contributed by atoms with E-state index in [0.717, 1.165) is 11.3 Å². The first-order valence-electron chi connectivity index (χ1n) is 14.5. The summed E-state index contributed by atoms with van der Waals surface area (Å²) in [6.07, 6.45) is 3.72. The number of carbonyl (C=O) groups is 1. The Kier molecular flexibility index (Phi) is 10.2. The lowest BCUT2D eigenvalue weighted by Crippen LogP contribution is -2.67. The number of hydrogen-bond acceptors (Lipinski definition) is 5. The van der Waals surface area contributed by atoms with Gasteiger partial charge < -0.3 is 18.6 Å². The highest BCUT2D eigenvalue weighted by Gasteiger charge is 2.50. The second-order valence-corrected chi connectivity index (χ2v) is 16.4. The Morgan fingerprint density at radius 1 is 0.902 bits per heavy atom. The molecule has 1 aliphatic heterocycles. The van der Waals surface area contributed by atoms with E-state index in [-0.39, 0.29) is 41.5 Å². The van der Waals surface area contributed by atoms with Crippen molar-refractivity contribution >= 4 is 24.7 Å². The largest absolute Gasteiger partial charge is 0.497 e. The van der Waals surface area contributed by atoms with Crippen LogP contribution in [-0.4, -0.2) is 40.2 Å². The number of hydrogen-bond donors (Lipinski definition) is 0. The summed E-state index contributed by atoms with van der Waals surface area (Å²) in [7, 11) is -1.03. The second-order valence-electron chi connectivity index (χ2n) is 12.1. The number of esters is 1. The van der Waals surface area contributed by atoms with Crippen LogP contribution in [0.25, 0.3) is 0 Å². The molecule has 1 heterocycles. The first kappa shape index (κ1) is 30.8. The van der Waals surface area contributed by atoms with Gasteiger partial charge in [0.2, 0.25) is 0 Å². The molecule has 4 atom stereocenters. The third-order valence-corrected chi connectivity index (χ3v) is 13.0. The van der Waals surface area contributed by atoms with Crippen molar-refractivity contribution in [2.75, 3.05) is 13.7 Å². The van der Waals surface area contributed by atoms with Crippen molar-refractivity contribution in [2.45, 2.75) is 64.9 Å². The monoisotopic (exact) mass is 572 g/mol. The van der Waals surface area contributed by atoms with Gasteiger partial charge in [0.15, 0.2) is 0 Å². The summed E-state index contributed by atoms with van der Waals surface area (Å²) < 4.78 is 24.5. The van der Waals surface area contributed by atoms with Gasteiger partial charge in [-0.2, -0.15) is 0 Å². The predicted octanol–water partition coefficient (Wildman–Crippen LogP) is 6.30. The maximum Gasteiger partial charge on any atom is 0.309 e. The van der Waals surface area contributed by atoms with Crippen LogP contribution in [0.5, 0.6) is 5.75 Å².